The van der Waals surface area contributed by atoms with Crippen LogP contribution >= 0.6 is 0 Å². The molecule has 0 spiro atoms. The first-order valence-corrected chi connectivity index (χ1v) is 13.2. The Morgan fingerprint density at radius 2 is 2.05 bits per heavy atom. The number of aromatic nitrogens is 4. The fourth-order valence-corrected chi connectivity index (χ4v) is 5.61. The predicted molar refractivity (Wildman–Crippen MR) is 143 cm³/mol. The molecule has 2 fully saturated rings. The number of fused-ring (bicyclic) bond motifs is 2. The molecule has 0 bridgehead atoms. The van der Waals surface area contributed by atoms with Gasteiger partial charge < -0.3 is 15.0 Å². The smallest absolute Gasteiger partial charge is 0.336 e. The van der Waals surface area contributed by atoms with Crippen molar-refractivity contribution in [2.45, 2.75) is 37.3 Å². The van der Waals surface area contributed by atoms with Crippen molar-refractivity contribution in [3.05, 3.63) is 59.9 Å². The highest BCUT2D eigenvalue weighted by Gasteiger charge is 2.43. The molecule has 2 saturated heterocycles. The summed E-state index contributed by atoms with van der Waals surface area (Å²) in [4.78, 5) is 13.1. The Bertz CT molecular complexity index is 1530. The van der Waals surface area contributed by atoms with Crippen LogP contribution < -0.4 is 15.0 Å². The van der Waals surface area contributed by atoms with E-state index in [1.54, 1.807) is 22.7 Å². The molecule has 0 radical (unpaired) electrons. The number of hydrogen-bond donors (Lipinski definition) is 1. The number of imidazole rings is 1. The van der Waals surface area contributed by atoms with E-state index in [1.807, 2.05) is 18.2 Å². The number of halogens is 2. The molecular formula is C28H30F2N8O. The topological polar surface area (TPSA) is 94.6 Å². The van der Waals surface area contributed by atoms with Gasteiger partial charge in [0.25, 0.3) is 5.92 Å². The van der Waals surface area contributed by atoms with Crippen molar-refractivity contribution in [3.63, 3.8) is 0 Å². The summed E-state index contributed by atoms with van der Waals surface area (Å²) in [7, 11) is 1.68. The first-order chi connectivity index (χ1) is 18.9. The number of nitrogens with one attached hydrogen (secondary N) is 1. The van der Waals surface area contributed by atoms with Gasteiger partial charge in [-0.3, -0.25) is 4.90 Å². The molecule has 0 saturated carbocycles. The average Bonchev–Trinajstić information content (AvgIpc) is 3.45. The van der Waals surface area contributed by atoms with Crippen LogP contribution in [-0.4, -0.2) is 82.3 Å². The first kappa shape index (κ1) is 25.4. The Kier molecular flexibility index (Phi) is 6.74. The maximum absolute atomic E-state index is 13.9. The van der Waals surface area contributed by atoms with Crippen LogP contribution in [0.15, 0.2) is 48.7 Å². The third-order valence-electron chi connectivity index (χ3n) is 7.58. The number of alkyl halides is 2. The minimum absolute atomic E-state index is 0.00243. The number of nitriles is 1. The van der Waals surface area contributed by atoms with Crippen LogP contribution in [0.1, 0.15) is 24.1 Å². The van der Waals surface area contributed by atoms with Gasteiger partial charge in [-0.25, -0.2) is 18.3 Å². The van der Waals surface area contributed by atoms with E-state index in [4.69, 9.17) is 14.7 Å². The van der Waals surface area contributed by atoms with Crippen molar-refractivity contribution in [1.82, 2.24) is 29.8 Å². The zero-order chi connectivity index (χ0) is 27.0. The molecule has 11 heteroatoms. The van der Waals surface area contributed by atoms with Gasteiger partial charge in [0, 0.05) is 44.6 Å². The summed E-state index contributed by atoms with van der Waals surface area (Å²) in [5, 5.41) is 19.6. The third kappa shape index (κ3) is 5.22. The van der Waals surface area contributed by atoms with Gasteiger partial charge in [-0.2, -0.15) is 10.2 Å². The molecule has 6 rings (SSSR count). The molecule has 9 nitrogen and oxygen atoms in total. The minimum atomic E-state index is -2.73. The number of likely N-dealkylation sites (tertiary alicyclic amines) is 1. The third-order valence-corrected chi connectivity index (χ3v) is 7.58. The van der Waals surface area contributed by atoms with Gasteiger partial charge in [-0.15, -0.1) is 5.10 Å². The second kappa shape index (κ2) is 10.4. The van der Waals surface area contributed by atoms with Crippen molar-refractivity contribution in [2.75, 3.05) is 44.7 Å². The highest BCUT2D eigenvalue weighted by Crippen LogP contribution is 2.31. The summed E-state index contributed by atoms with van der Waals surface area (Å²) in [6.45, 7) is 1.73. The summed E-state index contributed by atoms with van der Waals surface area (Å²) in [5.41, 5.74) is 2.60. The quantitative estimate of drug-likeness (QED) is 0.388. The molecular weight excluding hydrogens is 502 g/mol. The van der Waals surface area contributed by atoms with E-state index >= 15 is 0 Å². The fourth-order valence-electron chi connectivity index (χ4n) is 5.61. The lowest BCUT2D eigenvalue weighted by molar-refractivity contribution is 0.0136. The van der Waals surface area contributed by atoms with Gasteiger partial charge in [0.05, 0.1) is 30.9 Å². The number of rotatable bonds is 7. The normalized spacial score (nSPS) is 21.4. The molecule has 39 heavy (non-hydrogen) atoms. The molecule has 2 aliphatic rings. The number of nitrogens with zero attached hydrogens (tertiary/aromatic N) is 7. The van der Waals surface area contributed by atoms with Crippen molar-refractivity contribution >= 4 is 22.2 Å². The van der Waals surface area contributed by atoms with Gasteiger partial charge in [-0.05, 0) is 23.4 Å². The number of likely N-dealkylation sites (N-methyl/N-ethyl adjacent to an activating group) is 1. The standard InChI is InChI=1S/C28H30F2N8O/c1-36-18-28(29,30)14-23(36)17-39-27-34-26(37-12-11-32-21(16-37)9-10-31)25-33-15-22(38(25)35-27)13-20-7-4-6-19-5-2-3-8-24(19)20/h2-8,15,21,23,32H,9,11-14,16-18H2,1H3. The summed E-state index contributed by atoms with van der Waals surface area (Å²) >= 11 is 0. The van der Waals surface area contributed by atoms with Crippen molar-refractivity contribution in [2.24, 2.45) is 0 Å². The monoisotopic (exact) mass is 532 g/mol. The summed E-state index contributed by atoms with van der Waals surface area (Å²) in [6, 6.07) is 16.4. The molecule has 4 heterocycles. The minimum Gasteiger partial charge on any atom is -0.461 e. The summed E-state index contributed by atoms with van der Waals surface area (Å²) < 4.78 is 35.6. The molecule has 0 aliphatic carbocycles. The van der Waals surface area contributed by atoms with E-state index in [-0.39, 0.29) is 31.6 Å². The first-order valence-electron chi connectivity index (χ1n) is 13.2. The van der Waals surface area contributed by atoms with Crippen LogP contribution in [0.3, 0.4) is 0 Å². The second-order valence-electron chi connectivity index (χ2n) is 10.4. The highest BCUT2D eigenvalue weighted by molar-refractivity contribution is 5.86. The van der Waals surface area contributed by atoms with Gasteiger partial charge in [-0.1, -0.05) is 42.5 Å². The molecule has 2 unspecified atom stereocenters. The Hall–Kier alpha value is -3.88. The molecule has 202 valence electrons. The molecule has 2 aromatic heterocycles. The average molecular weight is 533 g/mol. The lowest BCUT2D eigenvalue weighted by atomic mass is 10.0. The van der Waals surface area contributed by atoms with Crippen LogP contribution in [0.25, 0.3) is 16.4 Å². The zero-order valence-electron chi connectivity index (χ0n) is 21.7. The van der Waals surface area contributed by atoms with Crippen molar-refractivity contribution in [3.8, 4) is 12.1 Å². The Morgan fingerprint density at radius 1 is 1.21 bits per heavy atom. The lowest BCUT2D eigenvalue weighted by Gasteiger charge is -2.33. The highest BCUT2D eigenvalue weighted by atomic mass is 19.3. The van der Waals surface area contributed by atoms with E-state index in [0.29, 0.717) is 43.9 Å². The zero-order valence-corrected chi connectivity index (χ0v) is 21.7. The van der Waals surface area contributed by atoms with E-state index in [2.05, 4.69) is 45.7 Å². The van der Waals surface area contributed by atoms with Crippen molar-refractivity contribution in [1.29, 1.82) is 5.26 Å². The van der Waals surface area contributed by atoms with E-state index in [1.165, 1.54) is 0 Å². The largest absolute Gasteiger partial charge is 0.461 e. The molecule has 0 amide bonds. The van der Waals surface area contributed by atoms with Crippen LogP contribution in [0.2, 0.25) is 0 Å². The Morgan fingerprint density at radius 3 is 2.87 bits per heavy atom. The van der Waals surface area contributed by atoms with Gasteiger partial charge in [0.1, 0.15) is 6.61 Å². The molecule has 1 N–H and O–H groups in total. The SMILES string of the molecule is CN1CC(F)(F)CC1COc1nc(N2CCNC(CC#N)C2)c2ncc(Cc3cccc4ccccc34)n2n1. The number of anilines is 1. The van der Waals surface area contributed by atoms with Crippen LogP contribution in [0.4, 0.5) is 14.6 Å². The van der Waals surface area contributed by atoms with Gasteiger partial charge in [0.15, 0.2) is 11.5 Å². The second-order valence-corrected chi connectivity index (χ2v) is 10.4. The van der Waals surface area contributed by atoms with E-state index < -0.39 is 12.0 Å². The van der Waals surface area contributed by atoms with Gasteiger partial charge >= 0.3 is 6.01 Å². The fraction of sp³-hybridized carbons (Fsp3) is 0.429. The number of ether oxygens (including phenoxy) is 1. The number of hydrogen-bond acceptors (Lipinski definition) is 8. The molecule has 2 atom stereocenters. The maximum atomic E-state index is 13.9. The maximum Gasteiger partial charge on any atom is 0.336 e. The Balaban J connectivity index is 1.36. The van der Waals surface area contributed by atoms with Crippen LogP contribution in [0, 0.1) is 11.3 Å². The van der Waals surface area contributed by atoms with Gasteiger partial charge in [0.2, 0.25) is 0 Å². The summed E-state index contributed by atoms with van der Waals surface area (Å²) in [6.07, 6.45) is 2.52. The Labute approximate surface area is 225 Å². The van der Waals surface area contributed by atoms with Crippen molar-refractivity contribution < 1.29 is 13.5 Å². The van der Waals surface area contributed by atoms with E-state index in [0.717, 1.165) is 22.0 Å². The summed E-state index contributed by atoms with van der Waals surface area (Å²) in [5.74, 6) is -2.12. The van der Waals surface area contributed by atoms with Crippen LogP contribution in [0.5, 0.6) is 6.01 Å². The number of piperazine rings is 1. The lowest BCUT2D eigenvalue weighted by Crippen LogP contribution is -2.51. The predicted octanol–water partition coefficient (Wildman–Crippen LogP) is 3.28. The molecule has 4 aromatic rings. The number of benzene rings is 2. The van der Waals surface area contributed by atoms with Crippen LogP contribution in [-0.2, 0) is 6.42 Å². The molecule has 2 aromatic carbocycles. The molecule has 2 aliphatic heterocycles. The van der Waals surface area contributed by atoms with E-state index in [9.17, 15) is 14.0 Å².